The van der Waals surface area contributed by atoms with Gasteiger partial charge in [-0.15, -0.1) is 0 Å². The Morgan fingerprint density at radius 3 is 2.51 bits per heavy atom. The van der Waals surface area contributed by atoms with Crippen LogP contribution >= 0.6 is 0 Å². The first-order chi connectivity index (χ1) is 16.8. The van der Waals surface area contributed by atoms with E-state index in [1.807, 2.05) is 37.3 Å². The first-order valence-electron chi connectivity index (χ1n) is 11.6. The van der Waals surface area contributed by atoms with Gasteiger partial charge in [0.15, 0.2) is 0 Å². The minimum Gasteiger partial charge on any atom is -0.435 e. The van der Waals surface area contributed by atoms with Crippen molar-refractivity contribution in [2.75, 3.05) is 7.05 Å². The molecule has 9 heteroatoms. The summed E-state index contributed by atoms with van der Waals surface area (Å²) < 4.78 is 29.0. The number of aliphatic hydroxyl groups is 1. The molecule has 1 amide bonds. The molecule has 2 aromatic carbocycles. The first kappa shape index (κ1) is 24.8. The number of hydrogen-bond acceptors (Lipinski definition) is 5. The van der Waals surface area contributed by atoms with Crippen LogP contribution in [0.2, 0.25) is 0 Å². The minimum atomic E-state index is -2.87. The monoisotopic (exact) mass is 484 g/mol. The summed E-state index contributed by atoms with van der Waals surface area (Å²) in [5.41, 5.74) is 4.15. The van der Waals surface area contributed by atoms with E-state index in [-0.39, 0.29) is 23.7 Å². The lowest BCUT2D eigenvalue weighted by molar-refractivity contribution is -0.0498. The fraction of sp³-hybridized carbons (Fsp3) is 0.385. The Morgan fingerprint density at radius 2 is 1.89 bits per heavy atom. The van der Waals surface area contributed by atoms with Crippen LogP contribution in [0.25, 0.3) is 0 Å². The summed E-state index contributed by atoms with van der Waals surface area (Å²) in [5, 5.41) is 21.3. The quantitative estimate of drug-likeness (QED) is 0.427. The number of aromatic amines is 1. The molecular formula is C26H30F2N4O3. The van der Waals surface area contributed by atoms with Crippen molar-refractivity contribution in [3.8, 4) is 5.75 Å². The van der Waals surface area contributed by atoms with Crippen molar-refractivity contribution in [3.05, 3.63) is 82.7 Å². The van der Waals surface area contributed by atoms with Crippen molar-refractivity contribution in [1.29, 1.82) is 0 Å². The molecule has 1 aliphatic heterocycles. The molecule has 0 bridgehead atoms. The van der Waals surface area contributed by atoms with Gasteiger partial charge in [-0.3, -0.25) is 9.89 Å². The second-order valence-electron chi connectivity index (χ2n) is 9.04. The van der Waals surface area contributed by atoms with Gasteiger partial charge in [-0.1, -0.05) is 24.3 Å². The molecular weight excluding hydrogens is 454 g/mol. The number of benzene rings is 2. The highest BCUT2D eigenvalue weighted by molar-refractivity contribution is 5.94. The van der Waals surface area contributed by atoms with Crippen molar-refractivity contribution in [3.63, 3.8) is 0 Å². The zero-order valence-corrected chi connectivity index (χ0v) is 19.7. The van der Waals surface area contributed by atoms with Gasteiger partial charge in [-0.05, 0) is 67.6 Å². The Hall–Kier alpha value is -3.30. The van der Waals surface area contributed by atoms with Gasteiger partial charge in [-0.25, -0.2) is 0 Å². The highest BCUT2D eigenvalue weighted by atomic mass is 19.3. The lowest BCUT2D eigenvalue weighted by Crippen LogP contribution is -2.35. The molecule has 3 atom stereocenters. The van der Waals surface area contributed by atoms with Crippen LogP contribution in [0.3, 0.4) is 0 Å². The van der Waals surface area contributed by atoms with Crippen LogP contribution < -0.4 is 10.1 Å². The Balaban J connectivity index is 1.28. The number of aryl methyl sites for hydroxylation is 1. The molecule has 3 N–H and O–H groups in total. The molecule has 7 nitrogen and oxygen atoms in total. The third-order valence-electron chi connectivity index (χ3n) is 6.29. The van der Waals surface area contributed by atoms with Gasteiger partial charge in [0, 0.05) is 30.4 Å². The van der Waals surface area contributed by atoms with Crippen molar-refractivity contribution < 1.29 is 23.4 Å². The van der Waals surface area contributed by atoms with Gasteiger partial charge in [0.05, 0.1) is 18.3 Å². The number of alkyl halides is 2. The summed E-state index contributed by atoms with van der Waals surface area (Å²) >= 11 is 0. The molecule has 0 aliphatic carbocycles. The Labute approximate surface area is 203 Å². The summed E-state index contributed by atoms with van der Waals surface area (Å²) in [6.07, 6.45) is 1.74. The average molecular weight is 485 g/mol. The van der Waals surface area contributed by atoms with Crippen molar-refractivity contribution in [2.45, 2.75) is 57.5 Å². The zero-order chi connectivity index (χ0) is 24.9. The molecule has 0 unspecified atom stereocenters. The van der Waals surface area contributed by atoms with Crippen molar-refractivity contribution in [1.82, 2.24) is 20.4 Å². The van der Waals surface area contributed by atoms with Crippen LogP contribution in [-0.4, -0.2) is 51.9 Å². The topological polar surface area (TPSA) is 90.5 Å². The molecule has 186 valence electrons. The minimum absolute atomic E-state index is 0.0654. The molecule has 0 spiro atoms. The van der Waals surface area contributed by atoms with Crippen LogP contribution in [0, 0.1) is 6.92 Å². The van der Waals surface area contributed by atoms with Gasteiger partial charge in [0.25, 0.3) is 5.91 Å². The largest absolute Gasteiger partial charge is 0.435 e. The fourth-order valence-electron chi connectivity index (χ4n) is 4.50. The molecule has 3 aromatic rings. The number of H-pyrrole nitrogens is 1. The predicted octanol–water partition coefficient (Wildman–Crippen LogP) is 3.99. The van der Waals surface area contributed by atoms with Crippen LogP contribution in [0.5, 0.6) is 5.75 Å². The molecule has 1 saturated heterocycles. The molecule has 0 radical (unpaired) electrons. The predicted molar refractivity (Wildman–Crippen MR) is 127 cm³/mol. The van der Waals surface area contributed by atoms with E-state index >= 15 is 0 Å². The Bertz CT molecular complexity index is 1120. The number of rotatable bonds is 9. The van der Waals surface area contributed by atoms with Gasteiger partial charge in [0.1, 0.15) is 5.75 Å². The molecule has 0 saturated carbocycles. The number of carbonyl (C=O) groups excluding carboxylic acids is 1. The molecule has 35 heavy (non-hydrogen) atoms. The fourth-order valence-corrected chi connectivity index (χ4v) is 4.50. The van der Waals surface area contributed by atoms with Crippen LogP contribution in [0.1, 0.15) is 51.8 Å². The van der Waals surface area contributed by atoms with Gasteiger partial charge in [0.2, 0.25) is 0 Å². The van der Waals surface area contributed by atoms with Crippen molar-refractivity contribution in [2.24, 2.45) is 0 Å². The van der Waals surface area contributed by atoms with Crippen LogP contribution in [0.4, 0.5) is 8.78 Å². The van der Waals surface area contributed by atoms with E-state index in [1.165, 1.54) is 12.1 Å². The molecule has 1 fully saturated rings. The summed E-state index contributed by atoms with van der Waals surface area (Å²) in [7, 11) is 1.76. The Kier molecular flexibility index (Phi) is 7.77. The summed E-state index contributed by atoms with van der Waals surface area (Å²) in [6.45, 7) is -0.518. The number of amides is 1. The third kappa shape index (κ3) is 6.43. The number of aliphatic hydroxyl groups excluding tert-OH is 1. The zero-order valence-electron chi connectivity index (χ0n) is 19.7. The first-order valence-corrected chi connectivity index (χ1v) is 11.6. The normalized spacial score (nSPS) is 18.6. The summed E-state index contributed by atoms with van der Waals surface area (Å²) in [4.78, 5) is 14.4. The number of halogens is 2. The number of carbonyl (C=O) groups is 1. The van der Waals surface area contributed by atoms with E-state index in [2.05, 4.69) is 20.3 Å². The SMILES string of the molecule is Cc1cc(CN(C)C(=O)c2ccc(C[C@@H]3CC[C@H]([C@H](O)c4ccc(OC(F)F)cc4)N3)cc2)n[nH]1. The number of nitrogens with one attached hydrogen (secondary N) is 2. The van der Waals surface area contributed by atoms with E-state index in [0.29, 0.717) is 17.7 Å². The van der Waals surface area contributed by atoms with E-state index in [1.54, 1.807) is 24.1 Å². The van der Waals surface area contributed by atoms with E-state index < -0.39 is 12.7 Å². The average Bonchev–Trinajstić information content (AvgIpc) is 3.47. The van der Waals surface area contributed by atoms with Crippen LogP contribution in [-0.2, 0) is 13.0 Å². The van der Waals surface area contributed by atoms with Gasteiger partial charge < -0.3 is 20.1 Å². The maximum Gasteiger partial charge on any atom is 0.387 e. The highest BCUT2D eigenvalue weighted by Crippen LogP contribution is 2.28. The lowest BCUT2D eigenvalue weighted by atomic mass is 10.0. The number of aromatic nitrogens is 2. The molecule has 4 rings (SSSR count). The van der Waals surface area contributed by atoms with E-state index in [4.69, 9.17) is 0 Å². The van der Waals surface area contributed by atoms with Gasteiger partial charge >= 0.3 is 6.61 Å². The van der Waals surface area contributed by atoms with E-state index in [9.17, 15) is 18.7 Å². The van der Waals surface area contributed by atoms with Gasteiger partial charge in [-0.2, -0.15) is 13.9 Å². The third-order valence-corrected chi connectivity index (χ3v) is 6.29. The van der Waals surface area contributed by atoms with E-state index in [0.717, 1.165) is 36.2 Å². The molecule has 1 aromatic heterocycles. The number of ether oxygens (including phenoxy) is 1. The number of hydrogen-bond donors (Lipinski definition) is 3. The molecule has 1 aliphatic rings. The maximum absolute atomic E-state index is 12.7. The molecule has 2 heterocycles. The second-order valence-corrected chi connectivity index (χ2v) is 9.04. The van der Waals surface area contributed by atoms with Crippen LogP contribution in [0.15, 0.2) is 54.6 Å². The lowest BCUT2D eigenvalue weighted by Gasteiger charge is -2.21. The summed E-state index contributed by atoms with van der Waals surface area (Å²) in [5.74, 6) is 0.00177. The highest BCUT2D eigenvalue weighted by Gasteiger charge is 2.30. The smallest absolute Gasteiger partial charge is 0.387 e. The second kappa shape index (κ2) is 11.0. The summed E-state index contributed by atoms with van der Waals surface area (Å²) in [6, 6.07) is 15.7. The standard InChI is InChI=1S/C26H30F2N4O3/c1-16-13-21(31-30-16)15-32(2)25(34)19-5-3-17(4-6-19)14-20-9-12-23(29-20)24(33)18-7-10-22(11-8-18)35-26(27)28/h3-8,10-11,13,20,23-24,26,29,33H,9,12,14-15H2,1-2H3,(H,30,31)/t20-,23+,24+/m0/s1. The maximum atomic E-state index is 12.7. The van der Waals surface area contributed by atoms with Crippen molar-refractivity contribution >= 4 is 5.91 Å². The number of nitrogens with zero attached hydrogens (tertiary/aromatic N) is 2. The Morgan fingerprint density at radius 1 is 1.17 bits per heavy atom.